The van der Waals surface area contributed by atoms with Gasteiger partial charge in [0.25, 0.3) is 0 Å². The number of amides is 2. The predicted molar refractivity (Wildman–Crippen MR) is 105 cm³/mol. The molecule has 0 aromatic carbocycles. The number of likely N-dealkylation sites (tertiary alicyclic amines) is 1. The molecule has 4 atom stereocenters. The number of hydrogen-bond donors (Lipinski definition) is 1. The Morgan fingerprint density at radius 1 is 1.22 bits per heavy atom. The Balaban J connectivity index is 1.47. The van der Waals surface area contributed by atoms with Crippen LogP contribution in [0.5, 0.6) is 0 Å². The fourth-order valence-electron chi connectivity index (χ4n) is 5.16. The molecular weight excluding hydrogens is 342 g/mol. The van der Waals surface area contributed by atoms with Crippen LogP contribution in [0.3, 0.4) is 0 Å². The minimum absolute atomic E-state index is 0.174. The van der Waals surface area contributed by atoms with Crippen molar-refractivity contribution in [3.8, 4) is 0 Å². The summed E-state index contributed by atoms with van der Waals surface area (Å²) >= 11 is 0. The Morgan fingerprint density at radius 3 is 2.74 bits per heavy atom. The van der Waals surface area contributed by atoms with Crippen molar-refractivity contribution in [2.45, 2.75) is 58.4 Å². The van der Waals surface area contributed by atoms with Crippen LogP contribution in [0.2, 0.25) is 0 Å². The Morgan fingerprint density at radius 2 is 2.00 bits per heavy atom. The number of nitrogens with one attached hydrogen (secondary N) is 1. The van der Waals surface area contributed by atoms with Gasteiger partial charge in [0.1, 0.15) is 0 Å². The summed E-state index contributed by atoms with van der Waals surface area (Å²) in [6, 6.07) is 0.371. The molecule has 0 spiro atoms. The molecule has 2 amide bonds. The fraction of sp³-hybridized carbons (Fsp3) is 0.905. The molecule has 1 N–H and O–H groups in total. The van der Waals surface area contributed by atoms with Crippen LogP contribution >= 0.6 is 0 Å². The number of unbranched alkanes of at least 4 members (excludes halogenated alkanes) is 2. The Hall–Kier alpha value is -1.14. The Kier molecular flexibility index (Phi) is 7.53. The Bertz CT molecular complexity index is 507. The van der Waals surface area contributed by atoms with Gasteiger partial charge < -0.3 is 15.0 Å². The van der Waals surface area contributed by atoms with E-state index < -0.39 is 0 Å². The summed E-state index contributed by atoms with van der Waals surface area (Å²) in [5.74, 6) is 1.89. The molecule has 0 radical (unpaired) electrons. The fourth-order valence-corrected chi connectivity index (χ4v) is 5.16. The van der Waals surface area contributed by atoms with E-state index in [9.17, 15) is 9.59 Å². The summed E-state index contributed by atoms with van der Waals surface area (Å²) in [7, 11) is 0. The molecule has 0 bridgehead atoms. The van der Waals surface area contributed by atoms with E-state index in [4.69, 9.17) is 4.74 Å². The zero-order valence-electron chi connectivity index (χ0n) is 17.1. The molecule has 6 heteroatoms. The molecule has 2 aliphatic heterocycles. The first-order valence-corrected chi connectivity index (χ1v) is 11.0. The van der Waals surface area contributed by atoms with Crippen molar-refractivity contribution in [2.24, 2.45) is 17.8 Å². The van der Waals surface area contributed by atoms with Crippen LogP contribution in [-0.2, 0) is 14.3 Å². The maximum Gasteiger partial charge on any atom is 0.223 e. The van der Waals surface area contributed by atoms with Crippen LogP contribution in [0.1, 0.15) is 52.4 Å². The lowest BCUT2D eigenvalue weighted by Crippen LogP contribution is -2.44. The average molecular weight is 380 g/mol. The zero-order chi connectivity index (χ0) is 19.2. The minimum atomic E-state index is 0.174. The monoisotopic (exact) mass is 379 g/mol. The van der Waals surface area contributed by atoms with Gasteiger partial charge in [-0.25, -0.2) is 0 Å². The van der Waals surface area contributed by atoms with Crippen LogP contribution < -0.4 is 5.32 Å². The van der Waals surface area contributed by atoms with Gasteiger partial charge in [-0.3, -0.25) is 14.5 Å². The largest absolute Gasteiger partial charge is 0.379 e. The van der Waals surface area contributed by atoms with Gasteiger partial charge in [0.05, 0.1) is 13.2 Å². The van der Waals surface area contributed by atoms with Crippen LogP contribution in [0.15, 0.2) is 0 Å². The smallest absolute Gasteiger partial charge is 0.223 e. The van der Waals surface area contributed by atoms with Gasteiger partial charge in [0.15, 0.2) is 0 Å². The molecule has 3 fully saturated rings. The van der Waals surface area contributed by atoms with Gasteiger partial charge in [-0.1, -0.05) is 26.7 Å². The third-order valence-electron chi connectivity index (χ3n) is 6.82. The summed E-state index contributed by atoms with van der Waals surface area (Å²) in [6.07, 6.45) is 5.60. The molecule has 0 aromatic rings. The maximum absolute atomic E-state index is 12.6. The molecule has 0 aromatic heterocycles. The molecule has 6 nitrogen and oxygen atoms in total. The lowest BCUT2D eigenvalue weighted by atomic mass is 9.88. The molecular formula is C21H37N3O3. The summed E-state index contributed by atoms with van der Waals surface area (Å²) < 4.78 is 5.41. The molecule has 27 heavy (non-hydrogen) atoms. The molecule has 154 valence electrons. The summed E-state index contributed by atoms with van der Waals surface area (Å²) in [4.78, 5) is 29.2. The van der Waals surface area contributed by atoms with E-state index in [2.05, 4.69) is 29.0 Å². The van der Waals surface area contributed by atoms with Gasteiger partial charge in [-0.2, -0.15) is 0 Å². The van der Waals surface area contributed by atoms with Crippen molar-refractivity contribution >= 4 is 11.8 Å². The van der Waals surface area contributed by atoms with Gasteiger partial charge >= 0.3 is 0 Å². The highest BCUT2D eigenvalue weighted by atomic mass is 16.5. The van der Waals surface area contributed by atoms with Crippen molar-refractivity contribution < 1.29 is 14.3 Å². The normalized spacial score (nSPS) is 31.3. The second-order valence-electron chi connectivity index (χ2n) is 8.61. The van der Waals surface area contributed by atoms with E-state index in [1.807, 2.05) is 0 Å². The maximum atomic E-state index is 12.6. The van der Waals surface area contributed by atoms with Gasteiger partial charge in [-0.15, -0.1) is 0 Å². The van der Waals surface area contributed by atoms with Crippen molar-refractivity contribution in [1.29, 1.82) is 0 Å². The van der Waals surface area contributed by atoms with Crippen molar-refractivity contribution in [3.05, 3.63) is 0 Å². The number of ether oxygens (including phenoxy) is 1. The number of morpholine rings is 1. The third-order valence-corrected chi connectivity index (χ3v) is 6.82. The first-order chi connectivity index (χ1) is 13.1. The molecule has 3 aliphatic rings. The van der Waals surface area contributed by atoms with E-state index in [-0.39, 0.29) is 5.91 Å². The first-order valence-electron chi connectivity index (χ1n) is 11.0. The second kappa shape index (κ2) is 9.87. The van der Waals surface area contributed by atoms with Crippen LogP contribution in [0.25, 0.3) is 0 Å². The lowest BCUT2D eigenvalue weighted by Gasteiger charge is -2.31. The number of nitrogens with zero attached hydrogens (tertiary/aromatic N) is 2. The summed E-state index contributed by atoms with van der Waals surface area (Å²) in [5, 5.41) is 3.15. The second-order valence-corrected chi connectivity index (χ2v) is 8.61. The molecule has 3 rings (SSSR count). The Labute approximate surface area is 164 Å². The summed E-state index contributed by atoms with van der Waals surface area (Å²) in [6.45, 7) is 10.5. The van der Waals surface area contributed by atoms with Crippen LogP contribution in [-0.4, -0.2) is 73.6 Å². The highest BCUT2D eigenvalue weighted by Crippen LogP contribution is 2.45. The summed E-state index contributed by atoms with van der Waals surface area (Å²) in [5.41, 5.74) is 0. The van der Waals surface area contributed by atoms with E-state index >= 15 is 0 Å². The molecule has 0 unspecified atom stereocenters. The van der Waals surface area contributed by atoms with Crippen molar-refractivity contribution in [2.75, 3.05) is 45.9 Å². The van der Waals surface area contributed by atoms with Gasteiger partial charge in [0.2, 0.25) is 11.8 Å². The quantitative estimate of drug-likeness (QED) is 0.622. The standard InChI is InChI=1S/C21H37N3O3/c1-3-4-5-6-20(25)22-15-18-16(2)13-19-17(18)14-21(26)24(19)8-7-23-9-11-27-12-10-23/h16-19H,3-15H2,1-2H3,(H,22,25)/t16-,17-,18+,19+/m0/s1. The molecule has 2 saturated heterocycles. The number of hydrogen-bond acceptors (Lipinski definition) is 4. The first kappa shape index (κ1) is 20.6. The SMILES string of the molecule is CCCCCC(=O)NC[C@H]1[C@@H]2CC(=O)N(CCN3CCOCC3)[C@@H]2C[C@@H]1C. The van der Waals surface area contributed by atoms with Crippen molar-refractivity contribution in [1.82, 2.24) is 15.1 Å². The van der Waals surface area contributed by atoms with E-state index in [1.54, 1.807) is 0 Å². The molecule has 1 saturated carbocycles. The minimum Gasteiger partial charge on any atom is -0.379 e. The lowest BCUT2D eigenvalue weighted by molar-refractivity contribution is -0.129. The van der Waals surface area contributed by atoms with E-state index in [1.165, 1.54) is 0 Å². The number of carbonyl (C=O) groups is 2. The van der Waals surface area contributed by atoms with Gasteiger partial charge in [-0.05, 0) is 30.6 Å². The number of rotatable bonds is 9. The zero-order valence-corrected chi connectivity index (χ0v) is 17.1. The molecule has 2 heterocycles. The van der Waals surface area contributed by atoms with Gasteiger partial charge in [0, 0.05) is 51.6 Å². The number of fused-ring (bicyclic) bond motifs is 1. The van der Waals surface area contributed by atoms with Crippen LogP contribution in [0, 0.1) is 17.8 Å². The predicted octanol–water partition coefficient (Wildman–Crippen LogP) is 1.89. The highest BCUT2D eigenvalue weighted by Gasteiger charge is 2.50. The van der Waals surface area contributed by atoms with Crippen molar-refractivity contribution in [3.63, 3.8) is 0 Å². The van der Waals surface area contributed by atoms with Crippen LogP contribution in [0.4, 0.5) is 0 Å². The van der Waals surface area contributed by atoms with E-state index in [0.717, 1.165) is 71.6 Å². The third kappa shape index (κ3) is 5.23. The average Bonchev–Trinajstić information content (AvgIpc) is 3.12. The topological polar surface area (TPSA) is 61.9 Å². The molecule has 1 aliphatic carbocycles. The van der Waals surface area contributed by atoms with E-state index in [0.29, 0.717) is 42.5 Å². The number of carbonyl (C=O) groups excluding carboxylic acids is 2. The highest BCUT2D eigenvalue weighted by molar-refractivity contribution is 5.80.